The lowest BCUT2D eigenvalue weighted by molar-refractivity contribution is 0.0739. The van der Waals surface area contributed by atoms with Gasteiger partial charge in [0, 0.05) is 25.0 Å². The topological polar surface area (TPSA) is 80.0 Å². The number of hydrogen-bond acceptors (Lipinski definition) is 7. The predicted octanol–water partition coefficient (Wildman–Crippen LogP) is 1.16. The summed E-state index contributed by atoms with van der Waals surface area (Å²) in [6, 6.07) is 0. The second kappa shape index (κ2) is 6.94. The van der Waals surface area contributed by atoms with Gasteiger partial charge in [0.15, 0.2) is 5.69 Å². The quantitative estimate of drug-likeness (QED) is 0.829. The van der Waals surface area contributed by atoms with Gasteiger partial charge in [-0.3, -0.25) is 9.69 Å². The third kappa shape index (κ3) is 3.18. The zero-order valence-corrected chi connectivity index (χ0v) is 14.4. The molecule has 2 aromatic heterocycles. The van der Waals surface area contributed by atoms with Crippen LogP contribution in [-0.4, -0.2) is 59.9 Å². The summed E-state index contributed by atoms with van der Waals surface area (Å²) in [5.41, 5.74) is 2.50. The van der Waals surface area contributed by atoms with Crippen molar-refractivity contribution >= 4 is 17.4 Å². The molecule has 2 aromatic rings. The van der Waals surface area contributed by atoms with Crippen LogP contribution in [0, 0.1) is 0 Å². The molecule has 0 atom stereocenters. The van der Waals surface area contributed by atoms with E-state index in [1.54, 1.807) is 5.38 Å². The molecule has 0 aliphatic carbocycles. The summed E-state index contributed by atoms with van der Waals surface area (Å²) in [6.07, 6.45) is 4.71. The molecule has 0 spiro atoms. The highest BCUT2D eigenvalue weighted by Crippen LogP contribution is 2.19. The van der Waals surface area contributed by atoms with E-state index in [1.807, 2.05) is 9.58 Å². The smallest absolute Gasteiger partial charge is 0.275 e. The lowest BCUT2D eigenvalue weighted by atomic mass is 10.1. The number of amides is 1. The van der Waals surface area contributed by atoms with Crippen molar-refractivity contribution in [2.75, 3.05) is 19.6 Å². The van der Waals surface area contributed by atoms with E-state index in [2.05, 4.69) is 24.8 Å². The Hall–Kier alpha value is -1.87. The van der Waals surface area contributed by atoms with E-state index in [4.69, 9.17) is 0 Å². The fourth-order valence-electron chi connectivity index (χ4n) is 3.44. The van der Waals surface area contributed by atoms with Crippen LogP contribution >= 0.6 is 11.5 Å². The number of aromatic nitrogens is 5. The number of carbonyl (C=O) groups is 1. The summed E-state index contributed by atoms with van der Waals surface area (Å²) in [7, 11) is 0. The molecule has 1 saturated heterocycles. The summed E-state index contributed by atoms with van der Waals surface area (Å²) in [6.45, 7) is 5.14. The van der Waals surface area contributed by atoms with Crippen LogP contribution in [0.25, 0.3) is 0 Å². The van der Waals surface area contributed by atoms with Crippen LogP contribution in [0.2, 0.25) is 0 Å². The number of hydrogen-bond donors (Lipinski definition) is 0. The molecule has 1 amide bonds. The van der Waals surface area contributed by atoms with Crippen molar-refractivity contribution in [3.05, 3.63) is 22.5 Å². The van der Waals surface area contributed by atoms with Gasteiger partial charge >= 0.3 is 0 Å². The fourth-order valence-corrected chi connectivity index (χ4v) is 3.87. The van der Waals surface area contributed by atoms with Gasteiger partial charge in [-0.15, -0.1) is 10.2 Å². The maximum atomic E-state index is 12.6. The maximum absolute atomic E-state index is 12.6. The predicted molar refractivity (Wildman–Crippen MR) is 88.4 cm³/mol. The van der Waals surface area contributed by atoms with E-state index in [-0.39, 0.29) is 5.91 Å². The SMILES string of the molecule is O=C(c1csnn1)N1CCCn2nnc(CN3CCCCC3)c2C1. The molecule has 0 bridgehead atoms. The highest BCUT2D eigenvalue weighted by molar-refractivity contribution is 7.03. The Morgan fingerprint density at radius 1 is 1.08 bits per heavy atom. The molecule has 0 N–H and O–H groups in total. The van der Waals surface area contributed by atoms with Gasteiger partial charge in [-0.25, -0.2) is 4.68 Å². The van der Waals surface area contributed by atoms with Crippen LogP contribution in [0.3, 0.4) is 0 Å². The molecule has 9 heteroatoms. The molecule has 0 unspecified atom stereocenters. The second-order valence-electron chi connectivity index (χ2n) is 6.41. The maximum Gasteiger partial charge on any atom is 0.275 e. The minimum atomic E-state index is -0.0534. The summed E-state index contributed by atoms with van der Waals surface area (Å²) < 4.78 is 5.76. The van der Waals surface area contributed by atoms with Crippen LogP contribution in [0.4, 0.5) is 0 Å². The first-order chi connectivity index (χ1) is 11.8. The van der Waals surface area contributed by atoms with Crippen LogP contribution in [0.5, 0.6) is 0 Å². The van der Waals surface area contributed by atoms with Gasteiger partial charge < -0.3 is 4.90 Å². The number of nitrogens with zero attached hydrogens (tertiary/aromatic N) is 7. The minimum Gasteiger partial charge on any atom is -0.331 e. The van der Waals surface area contributed by atoms with Crippen molar-refractivity contribution in [3.8, 4) is 0 Å². The van der Waals surface area contributed by atoms with Crippen LogP contribution < -0.4 is 0 Å². The summed E-state index contributed by atoms with van der Waals surface area (Å²) in [4.78, 5) is 16.9. The second-order valence-corrected chi connectivity index (χ2v) is 7.02. The largest absolute Gasteiger partial charge is 0.331 e. The molecule has 4 heterocycles. The average molecular weight is 347 g/mol. The number of aryl methyl sites for hydroxylation is 1. The third-order valence-corrected chi connectivity index (χ3v) is 5.25. The molecule has 8 nitrogen and oxygen atoms in total. The van der Waals surface area contributed by atoms with E-state index < -0.39 is 0 Å². The van der Waals surface area contributed by atoms with Gasteiger partial charge in [-0.1, -0.05) is 16.1 Å². The van der Waals surface area contributed by atoms with Gasteiger partial charge in [-0.05, 0) is 43.9 Å². The Labute approximate surface area is 144 Å². The van der Waals surface area contributed by atoms with Crippen molar-refractivity contribution in [3.63, 3.8) is 0 Å². The standard InChI is InChI=1S/C15H21N7OS/c23-15(13-11-24-19-17-13)21-7-4-8-22-14(10-21)12(16-18-22)9-20-5-2-1-3-6-20/h11H,1-10H2. The number of fused-ring (bicyclic) bond motifs is 1. The van der Waals surface area contributed by atoms with Gasteiger partial charge in [0.05, 0.1) is 12.2 Å². The Balaban J connectivity index is 1.52. The highest BCUT2D eigenvalue weighted by atomic mass is 32.1. The molecule has 2 aliphatic rings. The normalized spacial score (nSPS) is 19.1. The van der Waals surface area contributed by atoms with Crippen LogP contribution in [-0.2, 0) is 19.6 Å². The Morgan fingerprint density at radius 2 is 1.96 bits per heavy atom. The van der Waals surface area contributed by atoms with Crippen LogP contribution in [0.1, 0.15) is 47.6 Å². The number of piperidine rings is 1. The Morgan fingerprint density at radius 3 is 2.75 bits per heavy atom. The molecule has 1 fully saturated rings. The van der Waals surface area contributed by atoms with Crippen molar-refractivity contribution in [2.45, 2.75) is 45.3 Å². The first-order valence-corrected chi connectivity index (χ1v) is 9.35. The molecular formula is C15H21N7OS. The zero-order chi connectivity index (χ0) is 16.4. The average Bonchev–Trinajstić information content (AvgIpc) is 3.21. The van der Waals surface area contributed by atoms with Gasteiger partial charge in [0.1, 0.15) is 5.69 Å². The molecule has 0 saturated carbocycles. The molecule has 128 valence electrons. The van der Waals surface area contributed by atoms with Crippen molar-refractivity contribution in [1.29, 1.82) is 0 Å². The monoisotopic (exact) mass is 347 g/mol. The Kier molecular flexibility index (Phi) is 4.52. The fraction of sp³-hybridized carbons (Fsp3) is 0.667. The summed E-state index contributed by atoms with van der Waals surface area (Å²) in [5.74, 6) is -0.0534. The summed E-state index contributed by atoms with van der Waals surface area (Å²) in [5, 5.41) is 14.3. The van der Waals surface area contributed by atoms with Crippen molar-refractivity contribution in [2.24, 2.45) is 0 Å². The van der Waals surface area contributed by atoms with Gasteiger partial charge in [-0.2, -0.15) is 0 Å². The summed E-state index contributed by atoms with van der Waals surface area (Å²) >= 11 is 1.21. The van der Waals surface area contributed by atoms with E-state index in [9.17, 15) is 4.79 Å². The van der Waals surface area contributed by atoms with Gasteiger partial charge in [0.2, 0.25) is 0 Å². The number of rotatable bonds is 3. The first kappa shape index (κ1) is 15.6. The number of likely N-dealkylation sites (tertiary alicyclic amines) is 1. The molecule has 24 heavy (non-hydrogen) atoms. The zero-order valence-electron chi connectivity index (χ0n) is 13.6. The van der Waals surface area contributed by atoms with E-state index in [0.717, 1.165) is 44.0 Å². The first-order valence-electron chi connectivity index (χ1n) is 8.51. The van der Waals surface area contributed by atoms with E-state index in [1.165, 1.54) is 30.8 Å². The van der Waals surface area contributed by atoms with E-state index in [0.29, 0.717) is 18.8 Å². The molecule has 0 aromatic carbocycles. The third-order valence-electron chi connectivity index (χ3n) is 4.75. The number of carbonyl (C=O) groups excluding carboxylic acids is 1. The minimum absolute atomic E-state index is 0.0534. The molecule has 4 rings (SSSR count). The van der Waals surface area contributed by atoms with Crippen LogP contribution in [0.15, 0.2) is 5.38 Å². The van der Waals surface area contributed by atoms with E-state index >= 15 is 0 Å². The van der Waals surface area contributed by atoms with Crippen molar-refractivity contribution < 1.29 is 4.79 Å². The molecule has 2 aliphatic heterocycles. The lowest BCUT2D eigenvalue weighted by Gasteiger charge is -2.26. The van der Waals surface area contributed by atoms with Crippen molar-refractivity contribution in [1.82, 2.24) is 34.4 Å². The molecular weight excluding hydrogens is 326 g/mol. The molecule has 0 radical (unpaired) electrons. The van der Waals surface area contributed by atoms with Gasteiger partial charge in [0.25, 0.3) is 5.91 Å². The lowest BCUT2D eigenvalue weighted by Crippen LogP contribution is -2.32. The highest BCUT2D eigenvalue weighted by Gasteiger charge is 2.26. The Bertz CT molecular complexity index is 693.